The molecule has 0 saturated carbocycles. The van der Waals surface area contributed by atoms with Crippen molar-refractivity contribution in [1.82, 2.24) is 14.9 Å². The van der Waals surface area contributed by atoms with E-state index >= 15 is 0 Å². The lowest BCUT2D eigenvalue weighted by Gasteiger charge is -2.15. The molecule has 0 amide bonds. The van der Waals surface area contributed by atoms with E-state index in [0.717, 1.165) is 25.3 Å². The summed E-state index contributed by atoms with van der Waals surface area (Å²) in [5.41, 5.74) is 7.99. The molecule has 1 saturated heterocycles. The van der Waals surface area contributed by atoms with Crippen LogP contribution in [-0.4, -0.2) is 41.0 Å². The normalized spacial score (nSPS) is 19.2. The Morgan fingerprint density at radius 1 is 1.52 bits per heavy atom. The van der Waals surface area contributed by atoms with Crippen LogP contribution in [0.1, 0.15) is 13.3 Å². The van der Waals surface area contributed by atoms with E-state index in [0.29, 0.717) is 22.5 Å². The van der Waals surface area contributed by atoms with E-state index in [9.17, 15) is 4.79 Å². The number of anilines is 2. The van der Waals surface area contributed by atoms with Gasteiger partial charge in [0.2, 0.25) is 0 Å². The monoisotopic (exact) mass is 287 g/mol. The summed E-state index contributed by atoms with van der Waals surface area (Å²) in [5, 5.41) is 3.93. The molecule has 112 valence electrons. The Labute approximate surface area is 123 Å². The molecule has 6 nitrogen and oxygen atoms in total. The lowest BCUT2D eigenvalue weighted by Crippen LogP contribution is -2.22. The van der Waals surface area contributed by atoms with Gasteiger partial charge in [0, 0.05) is 13.1 Å². The fourth-order valence-electron chi connectivity index (χ4n) is 2.91. The molecule has 1 atom stereocenters. The molecule has 1 fully saturated rings. The van der Waals surface area contributed by atoms with Crippen LogP contribution in [0.3, 0.4) is 0 Å². The predicted octanol–water partition coefficient (Wildman–Crippen LogP) is 1.26. The molecule has 1 aromatic heterocycles. The van der Waals surface area contributed by atoms with Gasteiger partial charge in [-0.25, -0.2) is 4.98 Å². The first kappa shape index (κ1) is 13.9. The van der Waals surface area contributed by atoms with Crippen LogP contribution in [-0.2, 0) is 0 Å². The molecule has 1 aromatic carbocycles. The molecule has 0 radical (unpaired) electrons. The van der Waals surface area contributed by atoms with Crippen molar-refractivity contribution in [3.63, 3.8) is 0 Å². The Morgan fingerprint density at radius 2 is 2.38 bits per heavy atom. The van der Waals surface area contributed by atoms with Crippen molar-refractivity contribution in [2.45, 2.75) is 13.3 Å². The van der Waals surface area contributed by atoms with Gasteiger partial charge in [-0.1, -0.05) is 6.92 Å². The number of H-pyrrole nitrogens is 1. The van der Waals surface area contributed by atoms with Gasteiger partial charge in [-0.3, -0.25) is 4.79 Å². The molecule has 0 bridgehead atoms. The van der Waals surface area contributed by atoms with Gasteiger partial charge in [0.15, 0.2) is 0 Å². The van der Waals surface area contributed by atoms with E-state index < -0.39 is 0 Å². The van der Waals surface area contributed by atoms with Crippen molar-refractivity contribution >= 4 is 22.3 Å². The number of benzene rings is 1. The summed E-state index contributed by atoms with van der Waals surface area (Å²) in [7, 11) is 0. The first-order valence-corrected chi connectivity index (χ1v) is 7.40. The average Bonchev–Trinajstić information content (AvgIpc) is 2.94. The van der Waals surface area contributed by atoms with E-state index in [2.05, 4.69) is 27.1 Å². The van der Waals surface area contributed by atoms with Crippen molar-refractivity contribution < 1.29 is 0 Å². The maximum absolute atomic E-state index is 11.7. The Kier molecular flexibility index (Phi) is 3.79. The van der Waals surface area contributed by atoms with Gasteiger partial charge in [0.05, 0.1) is 28.6 Å². The topological polar surface area (TPSA) is 87.0 Å². The second kappa shape index (κ2) is 5.73. The van der Waals surface area contributed by atoms with Crippen LogP contribution in [0.4, 0.5) is 11.4 Å². The van der Waals surface area contributed by atoms with Crippen LogP contribution >= 0.6 is 0 Å². The minimum Gasteiger partial charge on any atom is -0.397 e. The van der Waals surface area contributed by atoms with Crippen molar-refractivity contribution in [1.29, 1.82) is 0 Å². The molecule has 21 heavy (non-hydrogen) atoms. The first-order chi connectivity index (χ1) is 10.2. The van der Waals surface area contributed by atoms with Gasteiger partial charge >= 0.3 is 0 Å². The minimum absolute atomic E-state index is 0.160. The summed E-state index contributed by atoms with van der Waals surface area (Å²) in [6.07, 6.45) is 2.63. The van der Waals surface area contributed by atoms with Gasteiger partial charge < -0.3 is 20.9 Å². The zero-order valence-corrected chi connectivity index (χ0v) is 12.2. The highest BCUT2D eigenvalue weighted by Gasteiger charge is 2.20. The van der Waals surface area contributed by atoms with E-state index in [1.165, 1.54) is 19.3 Å². The average molecular weight is 287 g/mol. The molecule has 6 heteroatoms. The first-order valence-electron chi connectivity index (χ1n) is 7.40. The number of aromatic amines is 1. The molecule has 3 rings (SSSR count). The summed E-state index contributed by atoms with van der Waals surface area (Å²) in [4.78, 5) is 20.9. The fraction of sp³-hybridized carbons (Fsp3) is 0.467. The molecule has 2 heterocycles. The number of nitrogens with two attached hydrogens (primary N) is 1. The number of aromatic nitrogens is 2. The zero-order valence-electron chi connectivity index (χ0n) is 12.2. The van der Waals surface area contributed by atoms with Crippen LogP contribution in [0.15, 0.2) is 23.3 Å². The standard InChI is InChI=1S/C15H21N5O/c1-2-20-4-3-10(8-20)7-17-14-6-13-11(5-12(14)16)15(21)19-9-18-13/h5-6,9-10,17H,2-4,7-8,16H2,1H3,(H,18,19,21). The highest BCUT2D eigenvalue weighted by molar-refractivity contribution is 5.88. The fourth-order valence-corrected chi connectivity index (χ4v) is 2.91. The molecule has 1 unspecified atom stereocenters. The second-order valence-electron chi connectivity index (χ2n) is 5.62. The zero-order chi connectivity index (χ0) is 14.8. The quantitative estimate of drug-likeness (QED) is 0.737. The number of likely N-dealkylation sites (tertiary alicyclic amines) is 1. The molecule has 0 aliphatic carbocycles. The summed E-state index contributed by atoms with van der Waals surface area (Å²) in [6, 6.07) is 3.54. The summed E-state index contributed by atoms with van der Waals surface area (Å²) >= 11 is 0. The Morgan fingerprint density at radius 3 is 3.14 bits per heavy atom. The highest BCUT2D eigenvalue weighted by atomic mass is 16.1. The molecular weight excluding hydrogens is 266 g/mol. The number of nitrogen functional groups attached to an aromatic ring is 1. The lowest BCUT2D eigenvalue weighted by atomic mass is 10.1. The number of nitrogens with zero attached hydrogens (tertiary/aromatic N) is 2. The Bertz CT molecular complexity index is 696. The molecule has 0 spiro atoms. The second-order valence-corrected chi connectivity index (χ2v) is 5.62. The number of hydrogen-bond donors (Lipinski definition) is 3. The van der Waals surface area contributed by atoms with Crippen LogP contribution < -0.4 is 16.6 Å². The van der Waals surface area contributed by atoms with Gasteiger partial charge in [0.1, 0.15) is 0 Å². The van der Waals surface area contributed by atoms with E-state index in [4.69, 9.17) is 5.73 Å². The summed E-state index contributed by atoms with van der Waals surface area (Å²) in [6.45, 7) is 6.51. The van der Waals surface area contributed by atoms with E-state index in [-0.39, 0.29) is 5.56 Å². The van der Waals surface area contributed by atoms with Gasteiger partial charge in [-0.05, 0) is 37.6 Å². The summed E-state index contributed by atoms with van der Waals surface area (Å²) in [5.74, 6) is 0.646. The van der Waals surface area contributed by atoms with Crippen LogP contribution in [0.2, 0.25) is 0 Å². The highest BCUT2D eigenvalue weighted by Crippen LogP contribution is 2.24. The van der Waals surface area contributed by atoms with Crippen LogP contribution in [0.25, 0.3) is 10.9 Å². The number of nitrogens with one attached hydrogen (secondary N) is 2. The molecule has 4 N–H and O–H groups in total. The third-order valence-electron chi connectivity index (χ3n) is 4.21. The third-order valence-corrected chi connectivity index (χ3v) is 4.21. The Balaban J connectivity index is 1.75. The largest absolute Gasteiger partial charge is 0.397 e. The minimum atomic E-state index is -0.160. The predicted molar refractivity (Wildman–Crippen MR) is 85.5 cm³/mol. The number of hydrogen-bond acceptors (Lipinski definition) is 5. The third kappa shape index (κ3) is 2.85. The molecule has 1 aliphatic rings. The smallest absolute Gasteiger partial charge is 0.258 e. The number of fused-ring (bicyclic) bond motifs is 1. The maximum atomic E-state index is 11.7. The maximum Gasteiger partial charge on any atom is 0.258 e. The van der Waals surface area contributed by atoms with E-state index in [1.54, 1.807) is 6.07 Å². The van der Waals surface area contributed by atoms with Crippen molar-refractivity contribution in [2.24, 2.45) is 5.92 Å². The molecular formula is C15H21N5O. The van der Waals surface area contributed by atoms with Crippen LogP contribution in [0, 0.1) is 5.92 Å². The van der Waals surface area contributed by atoms with Crippen LogP contribution in [0.5, 0.6) is 0 Å². The van der Waals surface area contributed by atoms with Crippen molar-refractivity contribution in [2.75, 3.05) is 37.2 Å². The van der Waals surface area contributed by atoms with Crippen molar-refractivity contribution in [3.05, 3.63) is 28.8 Å². The van der Waals surface area contributed by atoms with Crippen molar-refractivity contribution in [3.8, 4) is 0 Å². The lowest BCUT2D eigenvalue weighted by molar-refractivity contribution is 0.345. The van der Waals surface area contributed by atoms with Gasteiger partial charge in [-0.15, -0.1) is 0 Å². The SMILES string of the molecule is CCN1CCC(CNc2cc3nc[nH]c(=O)c3cc2N)C1. The molecule has 2 aromatic rings. The number of rotatable bonds is 4. The Hall–Kier alpha value is -2.08. The summed E-state index contributed by atoms with van der Waals surface area (Å²) < 4.78 is 0. The molecule has 1 aliphatic heterocycles. The van der Waals surface area contributed by atoms with E-state index in [1.807, 2.05) is 6.07 Å². The van der Waals surface area contributed by atoms with Gasteiger partial charge in [0.25, 0.3) is 5.56 Å². The van der Waals surface area contributed by atoms with Gasteiger partial charge in [-0.2, -0.15) is 0 Å².